The quantitative estimate of drug-likeness (QED) is 0.0265. The lowest BCUT2D eigenvalue weighted by atomic mass is 10.0. The average molecular weight is 858 g/mol. The number of nitrogens with two attached hydrogens (primary N) is 1. The van der Waals surface area contributed by atoms with Crippen molar-refractivity contribution in [3.8, 4) is 0 Å². The van der Waals surface area contributed by atoms with Crippen LogP contribution in [0.4, 0.5) is 0 Å². The highest BCUT2D eigenvalue weighted by molar-refractivity contribution is 7.47. The summed E-state index contributed by atoms with van der Waals surface area (Å²) in [6.07, 6.45) is 49.7. The minimum Gasteiger partial charge on any atom is -0.462 e. The Morgan fingerprint density at radius 2 is 0.847 bits per heavy atom. The van der Waals surface area contributed by atoms with E-state index in [4.69, 9.17) is 24.3 Å². The Balaban J connectivity index is 3.97. The molecule has 2 atom stereocenters. The minimum absolute atomic E-state index is 0.0561. The molecular formula is C49H96NO8P. The van der Waals surface area contributed by atoms with Gasteiger partial charge >= 0.3 is 19.8 Å². The van der Waals surface area contributed by atoms with Gasteiger partial charge in [-0.05, 0) is 32.1 Å². The molecule has 0 saturated heterocycles. The van der Waals surface area contributed by atoms with Crippen LogP contribution in [-0.2, 0) is 32.7 Å². The van der Waals surface area contributed by atoms with Gasteiger partial charge < -0.3 is 20.1 Å². The van der Waals surface area contributed by atoms with Crippen LogP contribution < -0.4 is 5.73 Å². The first kappa shape index (κ1) is 57.8. The Kier molecular flexibility index (Phi) is 45.3. The summed E-state index contributed by atoms with van der Waals surface area (Å²) >= 11 is 0. The lowest BCUT2D eigenvalue weighted by molar-refractivity contribution is -0.161. The molecule has 0 aromatic rings. The number of carbonyl (C=O) groups is 2. The fraction of sp³-hybridized carbons (Fsp3) is 0.918. The maximum absolute atomic E-state index is 12.6. The average Bonchev–Trinajstić information content (AvgIpc) is 3.22. The molecule has 10 heteroatoms. The zero-order valence-electron chi connectivity index (χ0n) is 38.8. The highest BCUT2D eigenvalue weighted by atomic mass is 31.2. The van der Waals surface area contributed by atoms with Gasteiger partial charge in [-0.15, -0.1) is 0 Å². The van der Waals surface area contributed by atoms with E-state index in [1.165, 1.54) is 186 Å². The maximum atomic E-state index is 12.6. The van der Waals surface area contributed by atoms with Crippen molar-refractivity contribution in [3.63, 3.8) is 0 Å². The number of carbonyl (C=O) groups excluding carboxylic acids is 2. The molecule has 0 aliphatic heterocycles. The van der Waals surface area contributed by atoms with Crippen LogP contribution >= 0.6 is 7.82 Å². The number of phosphoric acid groups is 1. The van der Waals surface area contributed by atoms with E-state index in [9.17, 15) is 19.0 Å². The largest absolute Gasteiger partial charge is 0.472 e. The summed E-state index contributed by atoms with van der Waals surface area (Å²) in [6.45, 7) is 3.75. The van der Waals surface area contributed by atoms with Crippen molar-refractivity contribution in [2.45, 2.75) is 264 Å². The Morgan fingerprint density at radius 3 is 1.25 bits per heavy atom. The van der Waals surface area contributed by atoms with Gasteiger partial charge in [-0.25, -0.2) is 4.57 Å². The molecule has 0 heterocycles. The first-order valence-corrected chi connectivity index (χ1v) is 26.7. The predicted molar refractivity (Wildman–Crippen MR) is 248 cm³/mol. The Labute approximate surface area is 364 Å². The van der Waals surface area contributed by atoms with Gasteiger partial charge in [0.25, 0.3) is 0 Å². The number of hydrogen-bond acceptors (Lipinski definition) is 8. The molecule has 350 valence electrons. The van der Waals surface area contributed by atoms with E-state index < -0.39 is 26.5 Å². The van der Waals surface area contributed by atoms with Gasteiger partial charge in [-0.2, -0.15) is 0 Å². The lowest BCUT2D eigenvalue weighted by Crippen LogP contribution is -2.29. The maximum Gasteiger partial charge on any atom is 0.472 e. The van der Waals surface area contributed by atoms with Gasteiger partial charge in [0.15, 0.2) is 6.10 Å². The zero-order valence-corrected chi connectivity index (χ0v) is 39.7. The van der Waals surface area contributed by atoms with Gasteiger partial charge in [0, 0.05) is 19.4 Å². The number of ether oxygens (including phenoxy) is 2. The first-order chi connectivity index (χ1) is 28.8. The molecule has 0 aliphatic carbocycles. The molecule has 1 unspecified atom stereocenters. The molecule has 0 rings (SSSR count). The summed E-state index contributed by atoms with van der Waals surface area (Å²) in [7, 11) is -4.38. The summed E-state index contributed by atoms with van der Waals surface area (Å²) in [5.41, 5.74) is 5.36. The van der Waals surface area contributed by atoms with Crippen molar-refractivity contribution >= 4 is 19.8 Å². The van der Waals surface area contributed by atoms with Gasteiger partial charge in [0.2, 0.25) is 0 Å². The van der Waals surface area contributed by atoms with E-state index in [1.54, 1.807) is 0 Å². The van der Waals surface area contributed by atoms with Crippen LogP contribution in [0, 0.1) is 0 Å². The molecule has 3 N–H and O–H groups in total. The van der Waals surface area contributed by atoms with Crippen LogP contribution in [0.15, 0.2) is 12.2 Å². The fourth-order valence-corrected chi connectivity index (χ4v) is 8.15. The van der Waals surface area contributed by atoms with Crippen molar-refractivity contribution in [2.75, 3.05) is 26.4 Å². The number of allylic oxidation sites excluding steroid dienone is 2. The third kappa shape index (κ3) is 46.1. The molecular weight excluding hydrogens is 762 g/mol. The summed E-state index contributed by atoms with van der Waals surface area (Å²) in [4.78, 5) is 35.0. The van der Waals surface area contributed by atoms with E-state index in [0.717, 1.165) is 38.5 Å². The van der Waals surface area contributed by atoms with Crippen LogP contribution in [0.1, 0.15) is 258 Å². The van der Waals surface area contributed by atoms with Crippen LogP contribution in [-0.4, -0.2) is 49.3 Å². The second-order valence-electron chi connectivity index (χ2n) is 17.0. The third-order valence-electron chi connectivity index (χ3n) is 11.2. The number of esters is 2. The van der Waals surface area contributed by atoms with E-state index >= 15 is 0 Å². The molecule has 0 radical (unpaired) electrons. The normalized spacial score (nSPS) is 13.2. The highest BCUT2D eigenvalue weighted by Gasteiger charge is 2.26. The van der Waals surface area contributed by atoms with Crippen molar-refractivity contribution in [3.05, 3.63) is 12.2 Å². The molecule has 0 spiro atoms. The summed E-state index contributed by atoms with van der Waals surface area (Å²) in [5.74, 6) is -0.816. The topological polar surface area (TPSA) is 134 Å². The van der Waals surface area contributed by atoms with E-state index in [1.807, 2.05) is 0 Å². The zero-order chi connectivity index (χ0) is 43.2. The molecule has 0 fully saturated rings. The fourth-order valence-electron chi connectivity index (χ4n) is 7.38. The smallest absolute Gasteiger partial charge is 0.462 e. The molecule has 9 nitrogen and oxygen atoms in total. The van der Waals surface area contributed by atoms with Crippen molar-refractivity contribution in [1.29, 1.82) is 0 Å². The summed E-state index contributed by atoms with van der Waals surface area (Å²) in [5, 5.41) is 0. The number of hydrogen-bond donors (Lipinski definition) is 2. The van der Waals surface area contributed by atoms with Crippen LogP contribution in [0.3, 0.4) is 0 Å². The molecule has 0 bridgehead atoms. The second-order valence-corrected chi connectivity index (χ2v) is 18.5. The van der Waals surface area contributed by atoms with E-state index in [2.05, 4.69) is 26.0 Å². The van der Waals surface area contributed by atoms with Crippen molar-refractivity contribution < 1.29 is 37.6 Å². The third-order valence-corrected chi connectivity index (χ3v) is 12.1. The standard InChI is InChI=1S/C49H96NO8P/c1-3-5-7-9-11-13-15-17-19-20-21-22-23-24-25-26-28-29-31-33-35-37-39-41-48(51)55-45-47(46-57-59(53,54)56-44-43-50)58-49(52)42-40-38-36-34-32-30-27-18-16-14-12-10-8-6-4-2/h10,12,47H,3-9,11,13-46,50H2,1-2H3,(H,53,54)/b12-10+/t47-/m0/s1. The molecule has 0 aromatic carbocycles. The van der Waals surface area contributed by atoms with Gasteiger partial charge in [-0.3, -0.25) is 18.6 Å². The second kappa shape index (κ2) is 46.3. The van der Waals surface area contributed by atoms with Crippen LogP contribution in [0.25, 0.3) is 0 Å². The van der Waals surface area contributed by atoms with Gasteiger partial charge in [-0.1, -0.05) is 225 Å². The Morgan fingerprint density at radius 1 is 0.492 bits per heavy atom. The Bertz CT molecular complexity index is 980. The predicted octanol–water partition coefficient (Wildman–Crippen LogP) is 15.0. The monoisotopic (exact) mass is 858 g/mol. The van der Waals surface area contributed by atoms with Crippen molar-refractivity contribution in [2.24, 2.45) is 5.73 Å². The molecule has 59 heavy (non-hydrogen) atoms. The summed E-state index contributed by atoms with van der Waals surface area (Å²) in [6, 6.07) is 0. The molecule has 0 amide bonds. The van der Waals surface area contributed by atoms with Crippen LogP contribution in [0.5, 0.6) is 0 Å². The summed E-state index contributed by atoms with van der Waals surface area (Å²) < 4.78 is 32.9. The van der Waals surface area contributed by atoms with Crippen LogP contribution in [0.2, 0.25) is 0 Å². The molecule has 0 aliphatic rings. The van der Waals surface area contributed by atoms with Crippen molar-refractivity contribution in [1.82, 2.24) is 0 Å². The molecule has 0 aromatic heterocycles. The number of unbranched alkanes of at least 4 members (excludes halogenated alkanes) is 33. The lowest BCUT2D eigenvalue weighted by Gasteiger charge is -2.19. The number of rotatable bonds is 48. The SMILES string of the molecule is CCCC/C=C/CCCCCCCCCCCC(=O)O[C@@H](COC(=O)CCCCCCCCCCCCCCCCCCCCCCCCC)COP(=O)(O)OCCN. The van der Waals surface area contributed by atoms with E-state index in [-0.39, 0.29) is 38.6 Å². The number of phosphoric ester groups is 1. The van der Waals surface area contributed by atoms with Gasteiger partial charge in [0.1, 0.15) is 6.61 Å². The van der Waals surface area contributed by atoms with Gasteiger partial charge in [0.05, 0.1) is 13.2 Å². The Hall–Kier alpha value is -1.25. The minimum atomic E-state index is -4.38. The van der Waals surface area contributed by atoms with E-state index in [0.29, 0.717) is 6.42 Å². The first-order valence-electron chi connectivity index (χ1n) is 25.2. The molecule has 0 saturated carbocycles. The highest BCUT2D eigenvalue weighted by Crippen LogP contribution is 2.43.